The third-order valence-corrected chi connectivity index (χ3v) is 4.39. The second-order valence-electron chi connectivity index (χ2n) is 6.19. The lowest BCUT2D eigenvalue weighted by molar-refractivity contribution is -0.114. The molecule has 3 heteroatoms. The molecule has 1 aliphatic carbocycles. The van der Waals surface area contributed by atoms with Crippen LogP contribution in [-0.2, 0) is 17.8 Å². The standard InChI is InChI=1S/C16H28N2O/c1-5-8-18-9-7-13(12-18)11-17-14-10-15(19-6-2)16(14,3)4/h7,9,12,14-15,17H,5-6,8,10-11H2,1-4H3. The van der Waals surface area contributed by atoms with Crippen molar-refractivity contribution in [3.05, 3.63) is 24.0 Å². The highest BCUT2D eigenvalue weighted by atomic mass is 16.5. The van der Waals surface area contributed by atoms with E-state index in [4.69, 9.17) is 4.74 Å². The molecule has 1 heterocycles. The van der Waals surface area contributed by atoms with Crippen LogP contribution in [-0.4, -0.2) is 23.3 Å². The molecule has 2 rings (SSSR count). The van der Waals surface area contributed by atoms with Crippen LogP contribution < -0.4 is 5.32 Å². The molecule has 2 atom stereocenters. The van der Waals surface area contributed by atoms with E-state index in [0.29, 0.717) is 12.1 Å². The fourth-order valence-electron chi connectivity index (χ4n) is 2.95. The van der Waals surface area contributed by atoms with Gasteiger partial charge in [-0.05, 0) is 31.4 Å². The minimum atomic E-state index is 0.252. The minimum absolute atomic E-state index is 0.252. The maximum Gasteiger partial charge on any atom is 0.0655 e. The summed E-state index contributed by atoms with van der Waals surface area (Å²) in [7, 11) is 0. The first-order chi connectivity index (χ1) is 9.07. The molecule has 0 saturated heterocycles. The van der Waals surface area contributed by atoms with E-state index in [9.17, 15) is 0 Å². The Kier molecular flexibility index (Phi) is 4.69. The van der Waals surface area contributed by atoms with Gasteiger partial charge in [0.25, 0.3) is 0 Å². The Morgan fingerprint density at radius 2 is 2.21 bits per heavy atom. The van der Waals surface area contributed by atoms with Crippen molar-refractivity contribution in [2.24, 2.45) is 5.41 Å². The SMILES string of the molecule is CCCn1ccc(CNC2CC(OCC)C2(C)C)c1. The first-order valence-corrected chi connectivity index (χ1v) is 7.57. The van der Waals surface area contributed by atoms with Gasteiger partial charge in [-0.3, -0.25) is 0 Å². The van der Waals surface area contributed by atoms with E-state index < -0.39 is 0 Å². The van der Waals surface area contributed by atoms with Gasteiger partial charge in [0.05, 0.1) is 6.10 Å². The van der Waals surface area contributed by atoms with Crippen molar-refractivity contribution in [2.45, 2.75) is 65.8 Å². The first kappa shape index (κ1) is 14.6. The van der Waals surface area contributed by atoms with Crippen molar-refractivity contribution >= 4 is 0 Å². The number of hydrogen-bond donors (Lipinski definition) is 1. The summed E-state index contributed by atoms with van der Waals surface area (Å²) >= 11 is 0. The topological polar surface area (TPSA) is 26.2 Å². The molecule has 1 aliphatic rings. The van der Waals surface area contributed by atoms with Crippen LogP contribution in [0.5, 0.6) is 0 Å². The molecule has 3 nitrogen and oxygen atoms in total. The largest absolute Gasteiger partial charge is 0.378 e. The molecule has 1 aromatic heterocycles. The van der Waals surface area contributed by atoms with Crippen molar-refractivity contribution in [1.82, 2.24) is 9.88 Å². The third-order valence-electron chi connectivity index (χ3n) is 4.39. The number of nitrogens with zero attached hydrogens (tertiary/aromatic N) is 1. The number of nitrogens with one attached hydrogen (secondary N) is 1. The molecule has 0 bridgehead atoms. The number of aromatic nitrogens is 1. The Bertz CT molecular complexity index is 397. The summed E-state index contributed by atoms with van der Waals surface area (Å²) < 4.78 is 8.04. The van der Waals surface area contributed by atoms with Gasteiger partial charge in [-0.25, -0.2) is 0 Å². The fraction of sp³-hybridized carbons (Fsp3) is 0.750. The van der Waals surface area contributed by atoms with E-state index in [2.05, 4.69) is 56.0 Å². The van der Waals surface area contributed by atoms with E-state index in [1.54, 1.807) is 0 Å². The molecule has 1 aromatic rings. The molecule has 1 N–H and O–H groups in total. The lowest BCUT2D eigenvalue weighted by Crippen LogP contribution is -2.60. The van der Waals surface area contributed by atoms with Crippen LogP contribution in [0.25, 0.3) is 0 Å². The van der Waals surface area contributed by atoms with Crippen LogP contribution in [0.4, 0.5) is 0 Å². The summed E-state index contributed by atoms with van der Waals surface area (Å²) in [4.78, 5) is 0. The summed E-state index contributed by atoms with van der Waals surface area (Å²) in [6.07, 6.45) is 7.17. The fourth-order valence-corrected chi connectivity index (χ4v) is 2.95. The van der Waals surface area contributed by atoms with Crippen LogP contribution in [0.1, 0.15) is 46.1 Å². The number of rotatable bonds is 7. The highest BCUT2D eigenvalue weighted by molar-refractivity contribution is 5.11. The molecule has 0 radical (unpaired) electrons. The van der Waals surface area contributed by atoms with Crippen molar-refractivity contribution in [1.29, 1.82) is 0 Å². The normalized spacial score (nSPS) is 25.3. The molecule has 2 unspecified atom stereocenters. The van der Waals surface area contributed by atoms with Gasteiger partial charge >= 0.3 is 0 Å². The van der Waals surface area contributed by atoms with Crippen molar-refractivity contribution < 1.29 is 4.74 Å². The predicted octanol–water partition coefficient (Wildman–Crippen LogP) is 3.19. The summed E-state index contributed by atoms with van der Waals surface area (Å²) in [5, 5.41) is 3.68. The van der Waals surface area contributed by atoms with Crippen LogP contribution in [0, 0.1) is 5.41 Å². The summed E-state index contributed by atoms with van der Waals surface area (Å²) in [5.41, 5.74) is 1.63. The Labute approximate surface area is 117 Å². The van der Waals surface area contributed by atoms with Crippen molar-refractivity contribution in [3.63, 3.8) is 0 Å². The molecule has 0 spiro atoms. The first-order valence-electron chi connectivity index (χ1n) is 7.57. The monoisotopic (exact) mass is 264 g/mol. The van der Waals surface area contributed by atoms with Gasteiger partial charge in [-0.15, -0.1) is 0 Å². The Hall–Kier alpha value is -0.800. The number of ether oxygens (including phenoxy) is 1. The summed E-state index contributed by atoms with van der Waals surface area (Å²) in [6.45, 7) is 11.8. The predicted molar refractivity (Wildman–Crippen MR) is 79.2 cm³/mol. The van der Waals surface area contributed by atoms with Gasteiger partial charge in [0.2, 0.25) is 0 Å². The number of hydrogen-bond acceptors (Lipinski definition) is 2. The Morgan fingerprint density at radius 1 is 1.42 bits per heavy atom. The molecule has 0 aromatic carbocycles. The van der Waals surface area contributed by atoms with E-state index in [1.165, 1.54) is 12.0 Å². The molecular weight excluding hydrogens is 236 g/mol. The number of aryl methyl sites for hydroxylation is 1. The van der Waals surface area contributed by atoms with E-state index >= 15 is 0 Å². The van der Waals surface area contributed by atoms with E-state index in [-0.39, 0.29) is 5.41 Å². The van der Waals surface area contributed by atoms with Crippen LogP contribution in [0.15, 0.2) is 18.5 Å². The highest BCUT2D eigenvalue weighted by Crippen LogP contribution is 2.42. The second kappa shape index (κ2) is 6.10. The van der Waals surface area contributed by atoms with E-state index in [1.807, 2.05) is 0 Å². The lowest BCUT2D eigenvalue weighted by atomic mass is 9.64. The lowest BCUT2D eigenvalue weighted by Gasteiger charge is -2.52. The average molecular weight is 264 g/mol. The maximum atomic E-state index is 5.77. The van der Waals surface area contributed by atoms with Gasteiger partial charge in [-0.2, -0.15) is 0 Å². The quantitative estimate of drug-likeness (QED) is 0.818. The third kappa shape index (κ3) is 3.21. The van der Waals surface area contributed by atoms with Crippen LogP contribution in [0.3, 0.4) is 0 Å². The molecule has 108 valence electrons. The zero-order valence-corrected chi connectivity index (χ0v) is 12.8. The van der Waals surface area contributed by atoms with Gasteiger partial charge in [0, 0.05) is 43.5 Å². The van der Waals surface area contributed by atoms with Gasteiger partial charge < -0.3 is 14.6 Å². The summed E-state index contributed by atoms with van der Waals surface area (Å²) in [5.74, 6) is 0. The minimum Gasteiger partial charge on any atom is -0.378 e. The molecular formula is C16H28N2O. The molecule has 0 aliphatic heterocycles. The van der Waals surface area contributed by atoms with Gasteiger partial charge in [-0.1, -0.05) is 20.8 Å². The zero-order valence-electron chi connectivity index (χ0n) is 12.8. The second-order valence-corrected chi connectivity index (χ2v) is 6.19. The highest BCUT2D eigenvalue weighted by Gasteiger charge is 2.48. The Balaban J connectivity index is 1.80. The molecule has 0 amide bonds. The summed E-state index contributed by atoms with van der Waals surface area (Å²) in [6, 6.07) is 2.78. The van der Waals surface area contributed by atoms with Crippen LogP contribution in [0.2, 0.25) is 0 Å². The molecule has 1 fully saturated rings. The zero-order chi connectivity index (χ0) is 13.9. The molecule has 19 heavy (non-hydrogen) atoms. The van der Waals surface area contributed by atoms with E-state index in [0.717, 1.165) is 26.1 Å². The maximum absolute atomic E-state index is 5.77. The smallest absolute Gasteiger partial charge is 0.0655 e. The van der Waals surface area contributed by atoms with Gasteiger partial charge in [0.1, 0.15) is 0 Å². The van der Waals surface area contributed by atoms with Gasteiger partial charge in [0.15, 0.2) is 0 Å². The van der Waals surface area contributed by atoms with Crippen molar-refractivity contribution in [2.75, 3.05) is 6.61 Å². The van der Waals surface area contributed by atoms with Crippen LogP contribution >= 0.6 is 0 Å². The molecule has 1 saturated carbocycles. The van der Waals surface area contributed by atoms with Crippen molar-refractivity contribution in [3.8, 4) is 0 Å². The average Bonchev–Trinajstić information content (AvgIpc) is 2.81. The Morgan fingerprint density at radius 3 is 2.84 bits per heavy atom.